The second kappa shape index (κ2) is 7.57. The van der Waals surface area contributed by atoms with Crippen molar-refractivity contribution in [3.05, 3.63) is 5.01 Å². The van der Waals surface area contributed by atoms with Crippen LogP contribution in [-0.4, -0.2) is 28.7 Å². The van der Waals surface area contributed by atoms with Gasteiger partial charge in [-0.2, -0.15) is 0 Å². The van der Waals surface area contributed by atoms with Gasteiger partial charge in [0.2, 0.25) is 10.1 Å². The zero-order valence-electron chi connectivity index (χ0n) is 12.3. The molecule has 112 valence electrons. The number of rotatable bonds is 5. The van der Waals surface area contributed by atoms with Gasteiger partial charge < -0.3 is 10.6 Å². The van der Waals surface area contributed by atoms with Gasteiger partial charge in [0, 0.05) is 12.6 Å². The van der Waals surface area contributed by atoms with Gasteiger partial charge in [-0.3, -0.25) is 4.79 Å². The number of nitrogens with one attached hydrogen (secondary N) is 2. The zero-order chi connectivity index (χ0) is 14.4. The van der Waals surface area contributed by atoms with Gasteiger partial charge in [0.1, 0.15) is 0 Å². The average Bonchev–Trinajstić information content (AvgIpc) is 2.83. The summed E-state index contributed by atoms with van der Waals surface area (Å²) in [5, 5.41) is 15.5. The van der Waals surface area contributed by atoms with Crippen molar-refractivity contribution in [1.82, 2.24) is 15.5 Å². The molecule has 0 saturated heterocycles. The van der Waals surface area contributed by atoms with E-state index in [-0.39, 0.29) is 11.9 Å². The van der Waals surface area contributed by atoms with Crippen molar-refractivity contribution in [2.45, 2.75) is 58.4 Å². The number of carbonyl (C=O) groups excluding carboxylic acids is 1. The van der Waals surface area contributed by atoms with Crippen LogP contribution in [-0.2, 0) is 0 Å². The highest BCUT2D eigenvalue weighted by Crippen LogP contribution is 2.23. The SMILES string of the molecule is CCCNc1nnc(C(=O)NC2CCCCCC2C)s1. The molecule has 1 aliphatic carbocycles. The molecule has 0 radical (unpaired) electrons. The summed E-state index contributed by atoms with van der Waals surface area (Å²) in [6.45, 7) is 5.18. The van der Waals surface area contributed by atoms with Gasteiger partial charge in [-0.1, -0.05) is 44.4 Å². The van der Waals surface area contributed by atoms with Crippen molar-refractivity contribution < 1.29 is 4.79 Å². The van der Waals surface area contributed by atoms with E-state index >= 15 is 0 Å². The van der Waals surface area contributed by atoms with Crippen molar-refractivity contribution in [1.29, 1.82) is 0 Å². The van der Waals surface area contributed by atoms with Gasteiger partial charge in [0.05, 0.1) is 0 Å². The summed E-state index contributed by atoms with van der Waals surface area (Å²) in [6.07, 6.45) is 7.06. The zero-order valence-corrected chi connectivity index (χ0v) is 13.1. The maximum Gasteiger partial charge on any atom is 0.282 e. The number of hydrogen-bond donors (Lipinski definition) is 2. The molecule has 1 aliphatic rings. The molecule has 1 amide bonds. The Kier molecular flexibility index (Phi) is 5.76. The van der Waals surface area contributed by atoms with Crippen molar-refractivity contribution in [2.24, 2.45) is 5.92 Å². The molecule has 1 aromatic rings. The summed E-state index contributed by atoms with van der Waals surface area (Å²) in [6, 6.07) is 0.279. The Morgan fingerprint density at radius 3 is 2.90 bits per heavy atom. The van der Waals surface area contributed by atoms with Crippen LogP contribution in [0.2, 0.25) is 0 Å². The molecular weight excluding hydrogens is 272 g/mol. The summed E-state index contributed by atoms with van der Waals surface area (Å²) in [5.41, 5.74) is 0. The summed E-state index contributed by atoms with van der Waals surface area (Å²) < 4.78 is 0. The lowest BCUT2D eigenvalue weighted by atomic mass is 9.97. The Morgan fingerprint density at radius 2 is 2.10 bits per heavy atom. The third kappa shape index (κ3) is 4.16. The Labute approximate surface area is 124 Å². The third-order valence-electron chi connectivity index (χ3n) is 3.82. The quantitative estimate of drug-likeness (QED) is 0.820. The number of carbonyl (C=O) groups is 1. The summed E-state index contributed by atoms with van der Waals surface area (Å²) in [5.74, 6) is 0.470. The van der Waals surface area contributed by atoms with E-state index in [0.717, 1.165) is 24.5 Å². The lowest BCUT2D eigenvalue weighted by molar-refractivity contribution is 0.0920. The molecule has 2 atom stereocenters. The molecule has 2 rings (SSSR count). The van der Waals surface area contributed by atoms with E-state index in [1.54, 1.807) is 0 Å². The number of hydrogen-bond acceptors (Lipinski definition) is 5. The largest absolute Gasteiger partial charge is 0.360 e. The Balaban J connectivity index is 1.91. The molecule has 6 heteroatoms. The van der Waals surface area contributed by atoms with E-state index in [2.05, 4.69) is 34.7 Å². The summed E-state index contributed by atoms with van der Waals surface area (Å²) in [4.78, 5) is 12.2. The molecule has 1 fully saturated rings. The molecule has 1 aromatic heterocycles. The van der Waals surface area contributed by atoms with Crippen LogP contribution in [0.25, 0.3) is 0 Å². The number of nitrogens with zero attached hydrogens (tertiary/aromatic N) is 2. The van der Waals surface area contributed by atoms with Gasteiger partial charge in [0.15, 0.2) is 0 Å². The molecule has 0 spiro atoms. The molecule has 20 heavy (non-hydrogen) atoms. The first kappa shape index (κ1) is 15.2. The van der Waals surface area contributed by atoms with Crippen molar-refractivity contribution in [2.75, 3.05) is 11.9 Å². The predicted octanol–water partition coefficient (Wildman–Crippen LogP) is 3.06. The Hall–Kier alpha value is -1.17. The van der Waals surface area contributed by atoms with E-state index in [1.165, 1.54) is 37.0 Å². The smallest absolute Gasteiger partial charge is 0.282 e. The molecule has 2 N–H and O–H groups in total. The van der Waals surface area contributed by atoms with E-state index in [1.807, 2.05) is 0 Å². The molecule has 1 saturated carbocycles. The molecule has 0 aliphatic heterocycles. The predicted molar refractivity (Wildman–Crippen MR) is 82.2 cm³/mol. The average molecular weight is 296 g/mol. The van der Waals surface area contributed by atoms with Crippen LogP contribution in [0.1, 0.15) is 62.2 Å². The van der Waals surface area contributed by atoms with Crippen LogP contribution in [0.4, 0.5) is 5.13 Å². The number of aromatic nitrogens is 2. The van der Waals surface area contributed by atoms with Crippen LogP contribution in [0, 0.1) is 5.92 Å². The van der Waals surface area contributed by atoms with Gasteiger partial charge in [-0.25, -0.2) is 0 Å². The Morgan fingerprint density at radius 1 is 1.30 bits per heavy atom. The maximum atomic E-state index is 12.2. The highest BCUT2D eigenvalue weighted by Gasteiger charge is 2.23. The standard InChI is InChI=1S/C14H24N4OS/c1-3-9-15-14-18-17-13(20-14)12(19)16-11-8-6-4-5-7-10(11)2/h10-11H,3-9H2,1-2H3,(H,15,18)(H,16,19). The highest BCUT2D eigenvalue weighted by molar-refractivity contribution is 7.17. The maximum absolute atomic E-state index is 12.2. The monoisotopic (exact) mass is 296 g/mol. The lowest BCUT2D eigenvalue weighted by Gasteiger charge is -2.21. The van der Waals surface area contributed by atoms with Crippen molar-refractivity contribution in [3.63, 3.8) is 0 Å². The fraction of sp³-hybridized carbons (Fsp3) is 0.786. The normalized spacial score (nSPS) is 23.1. The minimum Gasteiger partial charge on any atom is -0.360 e. The first-order valence-electron chi connectivity index (χ1n) is 7.59. The van der Waals surface area contributed by atoms with E-state index in [4.69, 9.17) is 0 Å². The number of anilines is 1. The van der Waals surface area contributed by atoms with Gasteiger partial charge in [-0.15, -0.1) is 10.2 Å². The molecule has 0 bridgehead atoms. The second-order valence-corrected chi connectivity index (χ2v) is 6.51. The van der Waals surface area contributed by atoms with E-state index in [0.29, 0.717) is 10.9 Å². The van der Waals surface area contributed by atoms with Crippen molar-refractivity contribution in [3.8, 4) is 0 Å². The lowest BCUT2D eigenvalue weighted by Crippen LogP contribution is -2.38. The van der Waals surface area contributed by atoms with Crippen LogP contribution in [0.5, 0.6) is 0 Å². The van der Waals surface area contributed by atoms with Crippen molar-refractivity contribution >= 4 is 22.4 Å². The number of amides is 1. The van der Waals surface area contributed by atoms with Crippen LogP contribution in [0.15, 0.2) is 0 Å². The van der Waals surface area contributed by atoms with Gasteiger partial charge in [-0.05, 0) is 25.2 Å². The molecular formula is C14H24N4OS. The minimum atomic E-state index is -0.0780. The highest BCUT2D eigenvalue weighted by atomic mass is 32.1. The molecule has 0 aromatic carbocycles. The fourth-order valence-electron chi connectivity index (χ4n) is 2.56. The van der Waals surface area contributed by atoms with Crippen LogP contribution < -0.4 is 10.6 Å². The molecule has 5 nitrogen and oxygen atoms in total. The fourth-order valence-corrected chi connectivity index (χ4v) is 3.23. The van der Waals surface area contributed by atoms with E-state index < -0.39 is 0 Å². The summed E-state index contributed by atoms with van der Waals surface area (Å²) in [7, 11) is 0. The first-order chi connectivity index (χ1) is 9.70. The molecule has 1 heterocycles. The van der Waals surface area contributed by atoms with Gasteiger partial charge >= 0.3 is 0 Å². The van der Waals surface area contributed by atoms with Crippen LogP contribution in [0.3, 0.4) is 0 Å². The Bertz CT molecular complexity index is 435. The summed E-state index contributed by atoms with van der Waals surface area (Å²) >= 11 is 1.33. The molecule has 2 unspecified atom stereocenters. The van der Waals surface area contributed by atoms with Gasteiger partial charge in [0.25, 0.3) is 5.91 Å². The minimum absolute atomic E-state index is 0.0780. The van der Waals surface area contributed by atoms with Crippen LogP contribution >= 0.6 is 11.3 Å². The second-order valence-electron chi connectivity index (χ2n) is 5.53. The topological polar surface area (TPSA) is 66.9 Å². The first-order valence-corrected chi connectivity index (χ1v) is 8.40. The van der Waals surface area contributed by atoms with E-state index in [9.17, 15) is 4.79 Å². The third-order valence-corrected chi connectivity index (χ3v) is 4.70.